The number of amides is 1. The molecule has 1 aromatic carbocycles. The summed E-state index contributed by atoms with van der Waals surface area (Å²) in [5.74, 6) is 2.04. The van der Waals surface area contributed by atoms with E-state index in [4.69, 9.17) is 4.42 Å². The molecule has 0 saturated heterocycles. The Hall–Kier alpha value is -1.82. The number of hydrogen-bond acceptors (Lipinski definition) is 5. The minimum atomic E-state index is -0.0498. The maximum absolute atomic E-state index is 12.5. The number of benzene rings is 1. The first-order chi connectivity index (χ1) is 12.0. The first-order valence-corrected chi connectivity index (χ1v) is 9.83. The SMILES string of the molecule is CC(C)c1cccc(C(C)C)c1NC(=O)CSc1nnc(C2CC2)o1. The van der Waals surface area contributed by atoms with Crippen LogP contribution in [-0.4, -0.2) is 21.9 Å². The smallest absolute Gasteiger partial charge is 0.277 e. The Morgan fingerprint density at radius 2 is 1.84 bits per heavy atom. The molecule has 1 amide bonds. The molecule has 1 aromatic heterocycles. The number of carbonyl (C=O) groups excluding carboxylic acids is 1. The Bertz CT molecular complexity index is 725. The zero-order chi connectivity index (χ0) is 18.0. The molecule has 1 fully saturated rings. The van der Waals surface area contributed by atoms with E-state index in [1.165, 1.54) is 22.9 Å². The number of aromatic nitrogens is 2. The molecule has 0 unspecified atom stereocenters. The molecule has 3 rings (SSSR count). The third-order valence-electron chi connectivity index (χ3n) is 4.31. The van der Waals surface area contributed by atoms with Gasteiger partial charge in [-0.15, -0.1) is 10.2 Å². The van der Waals surface area contributed by atoms with E-state index < -0.39 is 0 Å². The van der Waals surface area contributed by atoms with Crippen LogP contribution in [0.5, 0.6) is 0 Å². The minimum Gasteiger partial charge on any atom is -0.416 e. The largest absolute Gasteiger partial charge is 0.416 e. The van der Waals surface area contributed by atoms with Crippen molar-refractivity contribution < 1.29 is 9.21 Å². The van der Waals surface area contributed by atoms with E-state index in [1.807, 2.05) is 0 Å². The van der Waals surface area contributed by atoms with E-state index in [9.17, 15) is 4.79 Å². The number of para-hydroxylation sites is 1. The van der Waals surface area contributed by atoms with Crippen LogP contribution in [0, 0.1) is 0 Å². The summed E-state index contributed by atoms with van der Waals surface area (Å²) in [6, 6.07) is 6.23. The highest BCUT2D eigenvalue weighted by molar-refractivity contribution is 7.99. The van der Waals surface area contributed by atoms with E-state index >= 15 is 0 Å². The summed E-state index contributed by atoms with van der Waals surface area (Å²) in [4.78, 5) is 12.5. The average molecular weight is 359 g/mol. The molecule has 2 aromatic rings. The van der Waals surface area contributed by atoms with Crippen LogP contribution in [0.3, 0.4) is 0 Å². The fourth-order valence-corrected chi connectivity index (χ4v) is 3.34. The number of nitrogens with one attached hydrogen (secondary N) is 1. The number of thioether (sulfide) groups is 1. The van der Waals surface area contributed by atoms with Crippen molar-refractivity contribution in [3.63, 3.8) is 0 Å². The zero-order valence-electron chi connectivity index (χ0n) is 15.2. The first-order valence-electron chi connectivity index (χ1n) is 8.84. The standard InChI is InChI=1S/C19H25N3O2S/c1-11(2)14-6-5-7-15(12(3)4)17(14)20-16(23)10-25-19-22-21-18(24-19)13-8-9-13/h5-7,11-13H,8-10H2,1-4H3,(H,20,23). The van der Waals surface area contributed by atoms with Gasteiger partial charge in [0.1, 0.15) is 0 Å². The van der Waals surface area contributed by atoms with Crippen LogP contribution < -0.4 is 5.32 Å². The Morgan fingerprint density at radius 3 is 2.40 bits per heavy atom. The van der Waals surface area contributed by atoms with Crippen LogP contribution in [-0.2, 0) is 4.79 Å². The van der Waals surface area contributed by atoms with Crippen molar-refractivity contribution >= 4 is 23.4 Å². The Kier molecular flexibility index (Phi) is 5.47. The lowest BCUT2D eigenvalue weighted by Gasteiger charge is -2.20. The quantitative estimate of drug-likeness (QED) is 0.710. The zero-order valence-corrected chi connectivity index (χ0v) is 16.0. The van der Waals surface area contributed by atoms with Gasteiger partial charge in [-0.2, -0.15) is 0 Å². The summed E-state index contributed by atoms with van der Waals surface area (Å²) >= 11 is 1.29. The highest BCUT2D eigenvalue weighted by Gasteiger charge is 2.29. The lowest BCUT2D eigenvalue weighted by molar-refractivity contribution is -0.113. The second-order valence-corrected chi connectivity index (χ2v) is 8.06. The van der Waals surface area contributed by atoms with Crippen LogP contribution in [0.1, 0.15) is 75.3 Å². The van der Waals surface area contributed by atoms with Crippen molar-refractivity contribution in [2.75, 3.05) is 11.1 Å². The molecule has 0 atom stereocenters. The van der Waals surface area contributed by atoms with Gasteiger partial charge in [0.25, 0.3) is 5.22 Å². The molecule has 25 heavy (non-hydrogen) atoms. The molecule has 1 aliphatic rings. The van der Waals surface area contributed by atoms with Crippen LogP contribution >= 0.6 is 11.8 Å². The van der Waals surface area contributed by atoms with Gasteiger partial charge >= 0.3 is 0 Å². The topological polar surface area (TPSA) is 68.0 Å². The van der Waals surface area contributed by atoms with E-state index in [-0.39, 0.29) is 11.7 Å². The molecule has 0 bridgehead atoms. The van der Waals surface area contributed by atoms with Crippen molar-refractivity contribution in [2.24, 2.45) is 0 Å². The number of hydrogen-bond donors (Lipinski definition) is 1. The summed E-state index contributed by atoms with van der Waals surface area (Å²) in [5, 5.41) is 11.6. The fraction of sp³-hybridized carbons (Fsp3) is 0.526. The van der Waals surface area contributed by atoms with Crippen molar-refractivity contribution in [1.29, 1.82) is 0 Å². The molecule has 1 saturated carbocycles. The highest BCUT2D eigenvalue weighted by Crippen LogP contribution is 2.40. The third-order valence-corrected chi connectivity index (χ3v) is 5.13. The van der Waals surface area contributed by atoms with Gasteiger partial charge in [0.2, 0.25) is 11.8 Å². The molecular formula is C19H25N3O2S. The average Bonchev–Trinajstić information content (AvgIpc) is 3.31. The summed E-state index contributed by atoms with van der Waals surface area (Å²) in [7, 11) is 0. The molecule has 134 valence electrons. The van der Waals surface area contributed by atoms with Crippen molar-refractivity contribution in [3.05, 3.63) is 35.2 Å². The predicted octanol–water partition coefficient (Wildman–Crippen LogP) is 4.92. The van der Waals surface area contributed by atoms with Crippen LogP contribution in [0.25, 0.3) is 0 Å². The monoisotopic (exact) mass is 359 g/mol. The Morgan fingerprint density at radius 1 is 1.20 bits per heavy atom. The first kappa shape index (κ1) is 18.0. The summed E-state index contributed by atoms with van der Waals surface area (Å²) in [6.45, 7) is 8.56. The van der Waals surface area contributed by atoms with Gasteiger partial charge in [0, 0.05) is 11.6 Å². The molecular weight excluding hydrogens is 334 g/mol. The molecule has 5 nitrogen and oxygen atoms in total. The third kappa shape index (κ3) is 4.42. The van der Waals surface area contributed by atoms with Gasteiger partial charge in [-0.05, 0) is 35.8 Å². The van der Waals surface area contributed by atoms with Crippen LogP contribution in [0.15, 0.2) is 27.8 Å². The van der Waals surface area contributed by atoms with Crippen molar-refractivity contribution in [3.8, 4) is 0 Å². The highest BCUT2D eigenvalue weighted by atomic mass is 32.2. The Balaban J connectivity index is 1.67. The molecule has 1 heterocycles. The lowest BCUT2D eigenvalue weighted by Crippen LogP contribution is -2.17. The molecule has 1 N–H and O–H groups in total. The van der Waals surface area contributed by atoms with Crippen molar-refractivity contribution in [1.82, 2.24) is 10.2 Å². The number of carbonyl (C=O) groups is 1. The van der Waals surface area contributed by atoms with Crippen molar-refractivity contribution in [2.45, 2.75) is 63.5 Å². The fourth-order valence-electron chi connectivity index (χ4n) is 2.77. The van der Waals surface area contributed by atoms with Gasteiger partial charge < -0.3 is 9.73 Å². The molecule has 1 aliphatic carbocycles. The normalized spacial score (nSPS) is 14.3. The molecule has 6 heteroatoms. The van der Waals surface area contributed by atoms with Gasteiger partial charge in [-0.25, -0.2) is 0 Å². The second-order valence-electron chi connectivity index (χ2n) is 7.14. The molecule has 0 radical (unpaired) electrons. The Labute approximate surface area is 153 Å². The van der Waals surface area contributed by atoms with Gasteiger partial charge in [0.05, 0.1) is 5.75 Å². The number of anilines is 1. The summed E-state index contributed by atoms with van der Waals surface area (Å²) in [5.41, 5.74) is 3.28. The maximum Gasteiger partial charge on any atom is 0.277 e. The second kappa shape index (κ2) is 7.60. The minimum absolute atomic E-state index is 0.0498. The lowest BCUT2D eigenvalue weighted by atomic mass is 9.92. The van der Waals surface area contributed by atoms with E-state index in [1.54, 1.807) is 0 Å². The number of nitrogens with zero attached hydrogens (tertiary/aromatic N) is 2. The predicted molar refractivity (Wildman–Crippen MR) is 100 cm³/mol. The van der Waals surface area contributed by atoms with Gasteiger partial charge in [-0.3, -0.25) is 4.79 Å². The molecule has 0 spiro atoms. The maximum atomic E-state index is 12.5. The number of rotatable bonds is 7. The summed E-state index contributed by atoms with van der Waals surface area (Å²) < 4.78 is 5.59. The van der Waals surface area contributed by atoms with E-state index in [0.717, 1.165) is 18.5 Å². The summed E-state index contributed by atoms with van der Waals surface area (Å²) in [6.07, 6.45) is 2.24. The van der Waals surface area contributed by atoms with E-state index in [0.29, 0.717) is 28.9 Å². The molecule has 0 aliphatic heterocycles. The van der Waals surface area contributed by atoms with Crippen LogP contribution in [0.2, 0.25) is 0 Å². The van der Waals surface area contributed by atoms with Gasteiger partial charge in [-0.1, -0.05) is 57.7 Å². The van der Waals surface area contributed by atoms with Gasteiger partial charge in [0.15, 0.2) is 0 Å². The van der Waals surface area contributed by atoms with E-state index in [2.05, 4.69) is 61.4 Å². The van der Waals surface area contributed by atoms with Crippen LogP contribution in [0.4, 0.5) is 5.69 Å².